The Labute approximate surface area is 175 Å². The number of phenolic OH excluding ortho intramolecular Hbond substituents is 2. The lowest BCUT2D eigenvalue weighted by atomic mass is 10.0. The number of phenols is 2. The number of esters is 1. The highest BCUT2D eigenvalue weighted by Crippen LogP contribution is 2.37. The second kappa shape index (κ2) is 8.67. The zero-order chi connectivity index (χ0) is 20.3. The van der Waals surface area contributed by atoms with Crippen LogP contribution in [0.1, 0.15) is 27.3 Å². The molecule has 1 heterocycles. The van der Waals surface area contributed by atoms with Crippen LogP contribution in [0.2, 0.25) is 5.02 Å². The number of carbonyl (C=O) groups excluding carboxylic acids is 1. The minimum atomic E-state index is -0.717. The molecule has 0 fully saturated rings. The van der Waals surface area contributed by atoms with Gasteiger partial charge in [-0.25, -0.2) is 9.78 Å². The SMILES string of the molecule is COC(=O)c1c(O)cc(O)c(Cl)c1CCc1nccn1Cc1ccccc1Br. The fraction of sp³-hybridized carbons (Fsp3) is 0.200. The zero-order valence-corrected chi connectivity index (χ0v) is 17.4. The first-order valence-electron chi connectivity index (χ1n) is 8.47. The predicted octanol–water partition coefficient (Wildman–Crippen LogP) is 4.33. The van der Waals surface area contributed by atoms with Crippen LogP contribution in [0.15, 0.2) is 47.2 Å². The van der Waals surface area contributed by atoms with Gasteiger partial charge in [0.2, 0.25) is 0 Å². The van der Waals surface area contributed by atoms with Crippen LogP contribution in [0.25, 0.3) is 0 Å². The number of imidazole rings is 1. The maximum atomic E-state index is 12.1. The molecule has 6 nitrogen and oxygen atoms in total. The number of ether oxygens (including phenoxy) is 1. The third-order valence-corrected chi connectivity index (χ3v) is 5.60. The molecule has 0 aliphatic carbocycles. The molecule has 0 spiro atoms. The van der Waals surface area contributed by atoms with E-state index in [4.69, 9.17) is 16.3 Å². The van der Waals surface area contributed by atoms with Gasteiger partial charge in [0.25, 0.3) is 0 Å². The Bertz CT molecular complexity index is 1020. The molecule has 0 atom stereocenters. The average Bonchev–Trinajstić information content (AvgIpc) is 3.11. The molecule has 0 saturated carbocycles. The molecule has 3 aromatic rings. The first-order valence-corrected chi connectivity index (χ1v) is 9.64. The van der Waals surface area contributed by atoms with E-state index in [-0.39, 0.29) is 28.5 Å². The Balaban J connectivity index is 1.87. The number of hydrogen-bond acceptors (Lipinski definition) is 5. The Morgan fingerprint density at radius 3 is 2.71 bits per heavy atom. The smallest absolute Gasteiger partial charge is 0.341 e. The number of rotatable bonds is 6. The molecule has 0 aliphatic heterocycles. The minimum Gasteiger partial charge on any atom is -0.507 e. The summed E-state index contributed by atoms with van der Waals surface area (Å²) in [5.74, 6) is -0.602. The summed E-state index contributed by atoms with van der Waals surface area (Å²) in [5, 5.41) is 20.0. The summed E-state index contributed by atoms with van der Waals surface area (Å²) in [4.78, 5) is 16.5. The number of aromatic hydroxyl groups is 2. The fourth-order valence-corrected chi connectivity index (χ4v) is 3.66. The summed E-state index contributed by atoms with van der Waals surface area (Å²) in [5.41, 5.74) is 1.38. The van der Waals surface area contributed by atoms with Crippen molar-refractivity contribution in [3.63, 3.8) is 0 Å². The maximum Gasteiger partial charge on any atom is 0.341 e. The first kappa shape index (κ1) is 20.2. The first-order chi connectivity index (χ1) is 13.4. The Morgan fingerprint density at radius 2 is 2.00 bits per heavy atom. The summed E-state index contributed by atoms with van der Waals surface area (Å²) in [6.45, 7) is 0.625. The van der Waals surface area contributed by atoms with Crippen molar-refractivity contribution in [3.8, 4) is 11.5 Å². The van der Waals surface area contributed by atoms with Gasteiger partial charge >= 0.3 is 5.97 Å². The molecule has 0 radical (unpaired) electrons. The van der Waals surface area contributed by atoms with Crippen molar-refractivity contribution in [2.45, 2.75) is 19.4 Å². The number of hydrogen-bond donors (Lipinski definition) is 2. The van der Waals surface area contributed by atoms with E-state index in [0.717, 1.165) is 21.9 Å². The Morgan fingerprint density at radius 1 is 1.25 bits per heavy atom. The summed E-state index contributed by atoms with van der Waals surface area (Å²) in [6, 6.07) is 8.95. The van der Waals surface area contributed by atoms with E-state index in [9.17, 15) is 15.0 Å². The zero-order valence-electron chi connectivity index (χ0n) is 15.0. The summed E-state index contributed by atoms with van der Waals surface area (Å²) in [7, 11) is 1.22. The molecular weight excluding hydrogens is 448 g/mol. The summed E-state index contributed by atoms with van der Waals surface area (Å²) in [6.07, 6.45) is 4.31. The predicted molar refractivity (Wildman–Crippen MR) is 109 cm³/mol. The molecule has 2 aromatic carbocycles. The third kappa shape index (κ3) is 4.15. The van der Waals surface area contributed by atoms with Gasteiger partial charge in [-0.15, -0.1) is 0 Å². The number of halogens is 2. The van der Waals surface area contributed by atoms with Crippen LogP contribution in [-0.2, 0) is 24.1 Å². The van der Waals surface area contributed by atoms with Gasteiger partial charge in [-0.1, -0.05) is 45.7 Å². The summed E-state index contributed by atoms with van der Waals surface area (Å²) < 4.78 is 7.74. The number of aryl methyl sites for hydroxylation is 1. The average molecular weight is 466 g/mol. The maximum absolute atomic E-state index is 12.1. The van der Waals surface area contributed by atoms with Crippen molar-refractivity contribution < 1.29 is 19.7 Å². The van der Waals surface area contributed by atoms with Crippen LogP contribution in [0, 0.1) is 0 Å². The van der Waals surface area contributed by atoms with Gasteiger partial charge in [0.1, 0.15) is 22.9 Å². The fourth-order valence-electron chi connectivity index (χ4n) is 3.01. The van der Waals surface area contributed by atoms with Gasteiger partial charge < -0.3 is 19.5 Å². The second-order valence-electron chi connectivity index (χ2n) is 6.14. The number of benzene rings is 2. The van der Waals surface area contributed by atoms with E-state index in [1.807, 2.05) is 35.0 Å². The monoisotopic (exact) mass is 464 g/mol. The highest BCUT2D eigenvalue weighted by atomic mass is 79.9. The molecule has 28 heavy (non-hydrogen) atoms. The molecule has 146 valence electrons. The molecule has 0 aliphatic rings. The molecule has 3 rings (SSSR count). The van der Waals surface area contributed by atoms with E-state index in [1.165, 1.54) is 7.11 Å². The molecule has 1 aromatic heterocycles. The van der Waals surface area contributed by atoms with Crippen molar-refractivity contribution in [3.05, 3.63) is 74.7 Å². The Hall–Kier alpha value is -2.51. The van der Waals surface area contributed by atoms with E-state index in [2.05, 4.69) is 20.9 Å². The standard InChI is InChI=1S/C20H18BrClN2O4/c1-28-20(27)18-13(19(22)16(26)10-15(18)25)6-7-17-23-8-9-24(17)11-12-4-2-3-5-14(12)21/h2-5,8-10,25-26H,6-7,11H2,1H3. The van der Waals surface area contributed by atoms with Crippen LogP contribution in [-0.4, -0.2) is 32.8 Å². The van der Waals surface area contributed by atoms with Gasteiger partial charge in [0.05, 0.1) is 12.1 Å². The van der Waals surface area contributed by atoms with Gasteiger partial charge in [-0.05, 0) is 23.6 Å². The normalized spacial score (nSPS) is 10.8. The van der Waals surface area contributed by atoms with Gasteiger partial charge in [-0.3, -0.25) is 0 Å². The Kier molecular flexibility index (Phi) is 6.26. The molecule has 0 unspecified atom stereocenters. The van der Waals surface area contributed by atoms with Crippen LogP contribution in [0.3, 0.4) is 0 Å². The number of nitrogens with zero attached hydrogens (tertiary/aromatic N) is 2. The largest absolute Gasteiger partial charge is 0.507 e. The lowest BCUT2D eigenvalue weighted by molar-refractivity contribution is 0.0596. The van der Waals surface area contributed by atoms with E-state index in [0.29, 0.717) is 18.5 Å². The van der Waals surface area contributed by atoms with E-state index < -0.39 is 5.97 Å². The van der Waals surface area contributed by atoms with Crippen molar-refractivity contribution >= 4 is 33.5 Å². The molecule has 8 heteroatoms. The quantitative estimate of drug-likeness (QED) is 0.529. The topological polar surface area (TPSA) is 84.6 Å². The highest BCUT2D eigenvalue weighted by Gasteiger charge is 2.23. The highest BCUT2D eigenvalue weighted by molar-refractivity contribution is 9.10. The molecule has 0 saturated heterocycles. The molecule has 0 amide bonds. The van der Waals surface area contributed by atoms with Gasteiger partial charge in [-0.2, -0.15) is 0 Å². The second-order valence-corrected chi connectivity index (χ2v) is 7.37. The lowest BCUT2D eigenvalue weighted by Crippen LogP contribution is -2.10. The molecular formula is C20H18BrClN2O4. The van der Waals surface area contributed by atoms with Gasteiger partial charge in [0, 0.05) is 35.9 Å². The minimum absolute atomic E-state index is 0.0158. The number of methoxy groups -OCH3 is 1. The van der Waals surface area contributed by atoms with Crippen LogP contribution in [0.5, 0.6) is 11.5 Å². The van der Waals surface area contributed by atoms with Crippen LogP contribution >= 0.6 is 27.5 Å². The van der Waals surface area contributed by atoms with Crippen molar-refractivity contribution in [1.29, 1.82) is 0 Å². The number of carbonyl (C=O) groups is 1. The van der Waals surface area contributed by atoms with Crippen molar-refractivity contribution in [2.24, 2.45) is 0 Å². The van der Waals surface area contributed by atoms with Gasteiger partial charge in [0.15, 0.2) is 0 Å². The molecule has 2 N–H and O–H groups in total. The third-order valence-electron chi connectivity index (χ3n) is 4.41. The van der Waals surface area contributed by atoms with Crippen molar-refractivity contribution in [1.82, 2.24) is 9.55 Å². The van der Waals surface area contributed by atoms with Crippen LogP contribution < -0.4 is 0 Å². The van der Waals surface area contributed by atoms with E-state index in [1.54, 1.807) is 6.20 Å². The van der Waals surface area contributed by atoms with Crippen LogP contribution in [0.4, 0.5) is 0 Å². The van der Waals surface area contributed by atoms with Crippen molar-refractivity contribution in [2.75, 3.05) is 7.11 Å². The molecule has 0 bridgehead atoms. The van der Waals surface area contributed by atoms with E-state index >= 15 is 0 Å². The number of aromatic nitrogens is 2. The lowest BCUT2D eigenvalue weighted by Gasteiger charge is -2.14. The summed E-state index contributed by atoms with van der Waals surface area (Å²) >= 11 is 9.74.